The molecule has 7 nitrogen and oxygen atoms in total. The summed E-state index contributed by atoms with van der Waals surface area (Å²) in [5.74, 6) is -0.637. The molecular weight excluding hydrogens is 742 g/mol. The van der Waals surface area contributed by atoms with Crippen LogP contribution >= 0.6 is 24.2 Å². The first kappa shape index (κ1) is 41.6. The molecule has 0 aromatic heterocycles. The van der Waals surface area contributed by atoms with Crippen LogP contribution in [0.25, 0.3) is 0 Å². The topological polar surface area (TPSA) is 110 Å². The van der Waals surface area contributed by atoms with Crippen molar-refractivity contribution in [2.75, 3.05) is 0 Å². The van der Waals surface area contributed by atoms with E-state index in [-0.39, 0.29) is 57.8 Å². The highest BCUT2D eigenvalue weighted by molar-refractivity contribution is 7.82. The quantitative estimate of drug-likeness (QED) is 0.130. The zero-order valence-corrected chi connectivity index (χ0v) is 36.7. The van der Waals surface area contributed by atoms with Crippen molar-refractivity contribution in [1.82, 2.24) is 5.32 Å². The Morgan fingerprint density at radius 2 is 1.57 bits per heavy atom. The number of hydrogen-bond donors (Lipinski definition) is 3. The van der Waals surface area contributed by atoms with E-state index in [2.05, 4.69) is 59.9 Å². The van der Waals surface area contributed by atoms with Gasteiger partial charge in [0, 0.05) is 27.0 Å². The third-order valence-corrected chi connectivity index (χ3v) is 18.8. The van der Waals surface area contributed by atoms with Crippen LogP contribution < -0.4 is 5.32 Å². The van der Waals surface area contributed by atoms with Crippen molar-refractivity contribution in [3.8, 4) is 0 Å². The lowest BCUT2D eigenvalue weighted by atomic mass is 9.32. The van der Waals surface area contributed by atoms with Gasteiger partial charge in [-0.2, -0.15) is 12.6 Å². The summed E-state index contributed by atoms with van der Waals surface area (Å²) in [6.45, 7) is 19.3. The number of ether oxygens (including phenoxy) is 1. The Morgan fingerprint density at radius 3 is 2.18 bits per heavy atom. The van der Waals surface area contributed by atoms with E-state index in [0.29, 0.717) is 23.8 Å². The molecule has 306 valence electrons. The van der Waals surface area contributed by atoms with Gasteiger partial charge in [0.25, 0.3) is 0 Å². The average Bonchev–Trinajstić information content (AvgIpc) is 3.81. The Morgan fingerprint density at radius 1 is 0.929 bits per heavy atom. The van der Waals surface area contributed by atoms with Crippen LogP contribution in [0.5, 0.6) is 0 Å². The maximum atomic E-state index is 14.1. The summed E-state index contributed by atoms with van der Waals surface area (Å²) in [5, 5.41) is 13.6. The second-order valence-electron chi connectivity index (χ2n) is 21.0. The molecule has 0 saturated heterocycles. The number of ketones is 1. The molecule has 0 bridgehead atoms. The van der Waals surface area contributed by atoms with Gasteiger partial charge in [0.2, 0.25) is 5.91 Å². The molecule has 8 atom stereocenters. The van der Waals surface area contributed by atoms with E-state index in [1.165, 1.54) is 5.57 Å². The molecule has 5 fully saturated rings. The van der Waals surface area contributed by atoms with Crippen LogP contribution in [0.15, 0.2) is 47.6 Å². The second kappa shape index (κ2) is 13.5. The van der Waals surface area contributed by atoms with Gasteiger partial charge in [-0.25, -0.2) is 0 Å². The van der Waals surface area contributed by atoms with E-state index in [1.54, 1.807) is 19.9 Å². The summed E-state index contributed by atoms with van der Waals surface area (Å²) in [4.78, 5) is 52.8. The number of esters is 1. The summed E-state index contributed by atoms with van der Waals surface area (Å²) in [6, 6.07) is 7.75. The van der Waals surface area contributed by atoms with Gasteiger partial charge in [-0.05, 0) is 147 Å². The first-order valence-corrected chi connectivity index (χ1v) is 22.0. The smallest absolute Gasteiger partial charge is 0.309 e. The Bertz CT molecular complexity index is 1890. The molecule has 5 saturated carbocycles. The summed E-state index contributed by atoms with van der Waals surface area (Å²) >= 11 is 11.8. The third kappa shape index (κ3) is 6.01. The fraction of sp³-hybridized carbons (Fsp3) is 0.702. The van der Waals surface area contributed by atoms with Crippen molar-refractivity contribution in [3.05, 3.63) is 58.1 Å². The lowest BCUT2D eigenvalue weighted by Gasteiger charge is -2.74. The lowest BCUT2D eigenvalue weighted by Crippen LogP contribution is -2.71. The molecule has 0 heterocycles. The van der Waals surface area contributed by atoms with Crippen LogP contribution in [-0.2, 0) is 29.5 Å². The van der Waals surface area contributed by atoms with Gasteiger partial charge >= 0.3 is 11.9 Å². The SMILES string of the molecule is CC(C)C1=C2[C@H]3CC[C@@H]4[C@@]5(C)CC[C@H](OC(=O)CC(C)(C)C(=O)O)C(C)(C)C5(S)CC[C@@]4(C)[C@]3(C)CC[C@@]2(/C=C/C(=O)NC2(c3ccc(Cl)cc3)CC2)CC1=O. The number of amides is 1. The largest absolute Gasteiger partial charge is 0.481 e. The number of rotatable bonds is 9. The van der Waals surface area contributed by atoms with Crippen LogP contribution in [0, 0.1) is 50.2 Å². The molecule has 1 aromatic carbocycles. The molecule has 1 aromatic rings. The first-order valence-electron chi connectivity index (χ1n) is 21.1. The molecule has 0 spiro atoms. The number of aliphatic carboxylic acids is 1. The Hall–Kier alpha value is -2.58. The number of hydrogen-bond acceptors (Lipinski definition) is 6. The Balaban J connectivity index is 1.16. The fourth-order valence-electron chi connectivity index (χ4n) is 13.4. The number of carboxylic acids is 1. The maximum Gasteiger partial charge on any atom is 0.309 e. The number of thiol groups is 1. The Labute approximate surface area is 345 Å². The molecular formula is C47H64ClNO6S. The van der Waals surface area contributed by atoms with Gasteiger partial charge in [0.1, 0.15) is 6.10 Å². The molecule has 7 rings (SSSR count). The van der Waals surface area contributed by atoms with Gasteiger partial charge in [0.05, 0.1) is 17.4 Å². The molecule has 0 radical (unpaired) electrons. The third-order valence-electron chi connectivity index (χ3n) is 17.2. The fourth-order valence-corrected chi connectivity index (χ4v) is 14.1. The number of halogens is 1. The number of benzene rings is 1. The molecule has 9 heteroatoms. The van der Waals surface area contributed by atoms with Gasteiger partial charge in [0.15, 0.2) is 5.78 Å². The van der Waals surface area contributed by atoms with E-state index >= 15 is 0 Å². The van der Waals surface area contributed by atoms with E-state index in [9.17, 15) is 24.3 Å². The summed E-state index contributed by atoms with van der Waals surface area (Å²) < 4.78 is 5.78. The number of nitrogens with one attached hydrogen (secondary N) is 1. The number of allylic oxidation sites excluding steroid dienone is 3. The first-order chi connectivity index (χ1) is 25.9. The number of fused-ring (bicyclic) bond motifs is 7. The monoisotopic (exact) mass is 805 g/mol. The van der Waals surface area contributed by atoms with Crippen molar-refractivity contribution in [2.45, 2.75) is 156 Å². The van der Waals surface area contributed by atoms with Gasteiger partial charge in [-0.3, -0.25) is 19.2 Å². The summed E-state index contributed by atoms with van der Waals surface area (Å²) in [7, 11) is 0. The standard InChI is InChI=1S/C47H64ClNO6S/c1-28(2)37-32(50)26-45(19-17-35(51)49-46(23-24-46)29-10-12-30(48)13-11-29)22-20-42(7)31(38(37)45)14-15-33-43(42,8)21-25-47(56)41(5,6)34(16-18-44(33,47)9)55-36(52)27-40(3,4)39(53)54/h10-13,17,19,28,31,33-34,56H,14-16,18,20-27H2,1-9H3,(H,49,51)(H,53,54)/b19-17+/t31-,33+,34+,42-,43-,44-,45+,47?/m1/s1. The van der Waals surface area contributed by atoms with Crippen LogP contribution in [0.1, 0.15) is 145 Å². The van der Waals surface area contributed by atoms with Crippen LogP contribution in [0.2, 0.25) is 5.02 Å². The van der Waals surface area contributed by atoms with E-state index in [4.69, 9.17) is 29.0 Å². The zero-order chi connectivity index (χ0) is 41.1. The van der Waals surface area contributed by atoms with Gasteiger partial charge in [-0.15, -0.1) is 0 Å². The molecule has 1 unspecified atom stereocenters. The van der Waals surface area contributed by atoms with Crippen molar-refractivity contribution in [2.24, 2.45) is 50.2 Å². The number of carbonyl (C=O) groups is 4. The van der Waals surface area contributed by atoms with Crippen LogP contribution in [-0.4, -0.2) is 39.6 Å². The average molecular weight is 807 g/mol. The van der Waals surface area contributed by atoms with E-state index in [0.717, 1.165) is 68.9 Å². The minimum Gasteiger partial charge on any atom is -0.481 e. The highest BCUT2D eigenvalue weighted by Crippen LogP contribution is 2.78. The van der Waals surface area contributed by atoms with Crippen LogP contribution in [0.3, 0.4) is 0 Å². The van der Waals surface area contributed by atoms with Crippen molar-refractivity contribution < 1.29 is 29.0 Å². The van der Waals surface area contributed by atoms with Crippen molar-refractivity contribution in [1.29, 1.82) is 0 Å². The van der Waals surface area contributed by atoms with E-state index < -0.39 is 32.9 Å². The zero-order valence-electron chi connectivity index (χ0n) is 35.1. The predicted molar refractivity (Wildman–Crippen MR) is 223 cm³/mol. The number of Topliss-reactive ketones (excluding diaryl/α,β-unsaturated/α-hetero) is 1. The molecule has 1 amide bonds. The van der Waals surface area contributed by atoms with Crippen molar-refractivity contribution >= 4 is 47.9 Å². The lowest BCUT2D eigenvalue weighted by molar-refractivity contribution is -0.220. The predicted octanol–water partition coefficient (Wildman–Crippen LogP) is 10.4. The summed E-state index contributed by atoms with van der Waals surface area (Å²) in [6.07, 6.45) is 12.8. The highest BCUT2D eigenvalue weighted by atomic mass is 35.5. The van der Waals surface area contributed by atoms with Crippen molar-refractivity contribution in [3.63, 3.8) is 0 Å². The molecule has 6 aliphatic carbocycles. The van der Waals surface area contributed by atoms with E-state index in [1.807, 2.05) is 24.3 Å². The highest BCUT2D eigenvalue weighted by Gasteiger charge is 2.73. The van der Waals surface area contributed by atoms with Gasteiger partial charge < -0.3 is 15.2 Å². The number of carbonyl (C=O) groups excluding carboxylic acids is 3. The molecule has 2 N–H and O–H groups in total. The Kier molecular flexibility index (Phi) is 10.0. The summed E-state index contributed by atoms with van der Waals surface area (Å²) in [5.41, 5.74) is 0.692. The minimum absolute atomic E-state index is 0.0209. The second-order valence-corrected chi connectivity index (χ2v) is 22.2. The molecule has 56 heavy (non-hydrogen) atoms. The minimum atomic E-state index is -1.20. The number of carboxylic acid groups (broad SMARTS) is 1. The maximum absolute atomic E-state index is 14.1. The van der Waals surface area contributed by atoms with Crippen LogP contribution in [0.4, 0.5) is 0 Å². The normalized spacial score (nSPS) is 38.4. The van der Waals surface area contributed by atoms with Gasteiger partial charge in [-0.1, -0.05) is 78.3 Å². The molecule has 0 aliphatic heterocycles. The molecule has 6 aliphatic rings.